The number of aromatic nitrogens is 1. The SMILES string of the molecule is CCOC(=O)C1=C(C)N=c2s/c(=C\c3ccc(O)cc3)c(=O)n2C1c1ccc(OC)c(OC)c1. The molecule has 4 rings (SSSR count). The van der Waals surface area contributed by atoms with Gasteiger partial charge in [-0.2, -0.15) is 0 Å². The summed E-state index contributed by atoms with van der Waals surface area (Å²) in [6, 6.07) is 11.1. The van der Waals surface area contributed by atoms with E-state index in [0.717, 1.165) is 5.56 Å². The molecule has 3 aromatic rings. The number of rotatable bonds is 6. The van der Waals surface area contributed by atoms with E-state index in [-0.39, 0.29) is 23.5 Å². The molecule has 176 valence electrons. The number of phenols is 1. The molecule has 0 fully saturated rings. The number of hydrogen-bond donors (Lipinski definition) is 1. The van der Waals surface area contributed by atoms with Gasteiger partial charge in [-0.05, 0) is 55.3 Å². The van der Waals surface area contributed by atoms with Crippen molar-refractivity contribution in [1.82, 2.24) is 4.57 Å². The number of esters is 1. The van der Waals surface area contributed by atoms with Crippen LogP contribution in [0.1, 0.15) is 31.0 Å². The molecule has 0 saturated carbocycles. The number of ether oxygens (including phenoxy) is 3. The molecule has 2 heterocycles. The van der Waals surface area contributed by atoms with Gasteiger partial charge in [-0.1, -0.05) is 29.5 Å². The molecule has 0 saturated heterocycles. The van der Waals surface area contributed by atoms with Crippen molar-refractivity contribution < 1.29 is 24.1 Å². The predicted molar refractivity (Wildman–Crippen MR) is 128 cm³/mol. The molecule has 8 nitrogen and oxygen atoms in total. The van der Waals surface area contributed by atoms with Gasteiger partial charge in [-0.3, -0.25) is 9.36 Å². The number of phenolic OH excluding ortho intramolecular Hbond substituents is 1. The normalized spacial score (nSPS) is 15.5. The third-order valence-corrected chi connectivity index (χ3v) is 6.41. The minimum atomic E-state index is -0.753. The van der Waals surface area contributed by atoms with Gasteiger partial charge in [0.1, 0.15) is 5.75 Å². The lowest BCUT2D eigenvalue weighted by Gasteiger charge is -2.25. The Hall–Kier alpha value is -3.85. The van der Waals surface area contributed by atoms with Gasteiger partial charge < -0.3 is 19.3 Å². The Labute approximate surface area is 199 Å². The lowest BCUT2D eigenvalue weighted by molar-refractivity contribution is -0.139. The molecule has 34 heavy (non-hydrogen) atoms. The molecule has 0 radical (unpaired) electrons. The zero-order valence-electron chi connectivity index (χ0n) is 19.2. The molecule has 0 spiro atoms. The molecule has 9 heteroatoms. The second kappa shape index (κ2) is 9.56. The van der Waals surface area contributed by atoms with Crippen LogP contribution in [0.25, 0.3) is 6.08 Å². The first-order chi connectivity index (χ1) is 16.4. The fraction of sp³-hybridized carbons (Fsp3) is 0.240. The lowest BCUT2D eigenvalue weighted by atomic mass is 9.95. The number of hydrogen-bond acceptors (Lipinski definition) is 8. The zero-order valence-corrected chi connectivity index (χ0v) is 20.0. The van der Waals surface area contributed by atoms with E-state index < -0.39 is 12.0 Å². The van der Waals surface area contributed by atoms with E-state index in [4.69, 9.17) is 14.2 Å². The Morgan fingerprint density at radius 2 is 1.85 bits per heavy atom. The van der Waals surface area contributed by atoms with Crippen molar-refractivity contribution in [3.05, 3.63) is 84.5 Å². The molecule has 1 aromatic heterocycles. The monoisotopic (exact) mass is 480 g/mol. The highest BCUT2D eigenvalue weighted by Gasteiger charge is 2.33. The summed E-state index contributed by atoms with van der Waals surface area (Å²) >= 11 is 1.23. The van der Waals surface area contributed by atoms with E-state index in [0.29, 0.717) is 32.1 Å². The summed E-state index contributed by atoms with van der Waals surface area (Å²) in [5, 5.41) is 9.54. The van der Waals surface area contributed by atoms with Crippen LogP contribution in [0, 0.1) is 0 Å². The second-order valence-corrected chi connectivity index (χ2v) is 8.52. The third-order valence-electron chi connectivity index (χ3n) is 5.43. The van der Waals surface area contributed by atoms with Crippen LogP contribution < -0.4 is 24.4 Å². The van der Waals surface area contributed by atoms with Crippen molar-refractivity contribution in [2.45, 2.75) is 19.9 Å². The van der Waals surface area contributed by atoms with Crippen molar-refractivity contribution in [2.75, 3.05) is 20.8 Å². The van der Waals surface area contributed by atoms with Gasteiger partial charge in [0.2, 0.25) is 0 Å². The number of thiazole rings is 1. The molecule has 1 unspecified atom stereocenters. The number of benzene rings is 2. The Morgan fingerprint density at radius 3 is 2.50 bits per heavy atom. The average molecular weight is 481 g/mol. The Kier molecular flexibility index (Phi) is 6.56. The molecular formula is C25H24N2O6S. The molecule has 2 aromatic carbocycles. The van der Waals surface area contributed by atoms with E-state index in [1.165, 1.54) is 30.1 Å². The number of methoxy groups -OCH3 is 2. The van der Waals surface area contributed by atoms with Crippen LogP contribution in [0.3, 0.4) is 0 Å². The molecule has 0 bridgehead atoms. The lowest BCUT2D eigenvalue weighted by Crippen LogP contribution is -2.39. The van der Waals surface area contributed by atoms with Crippen LogP contribution in [0.5, 0.6) is 17.2 Å². The maximum atomic E-state index is 13.6. The highest BCUT2D eigenvalue weighted by Crippen LogP contribution is 2.36. The summed E-state index contributed by atoms with van der Waals surface area (Å²) in [6.07, 6.45) is 1.73. The molecule has 1 aliphatic rings. The summed E-state index contributed by atoms with van der Waals surface area (Å²) in [7, 11) is 3.07. The van der Waals surface area contributed by atoms with Gasteiger partial charge in [-0.25, -0.2) is 9.79 Å². The number of carbonyl (C=O) groups is 1. The molecule has 1 aliphatic heterocycles. The van der Waals surface area contributed by atoms with Crippen LogP contribution in [0.4, 0.5) is 0 Å². The average Bonchev–Trinajstić information content (AvgIpc) is 3.13. The van der Waals surface area contributed by atoms with Crippen LogP contribution in [-0.2, 0) is 9.53 Å². The predicted octanol–water partition coefficient (Wildman–Crippen LogP) is 2.52. The number of aromatic hydroxyl groups is 1. The summed E-state index contributed by atoms with van der Waals surface area (Å²) in [6.45, 7) is 3.66. The summed E-state index contributed by atoms with van der Waals surface area (Å²) in [4.78, 5) is 31.6. The van der Waals surface area contributed by atoms with Crippen molar-refractivity contribution >= 4 is 23.4 Å². The quantitative estimate of drug-likeness (QED) is 0.545. The molecule has 1 N–H and O–H groups in total. The van der Waals surface area contributed by atoms with Crippen LogP contribution in [0.15, 0.2) is 63.5 Å². The maximum Gasteiger partial charge on any atom is 0.338 e. The van der Waals surface area contributed by atoms with Gasteiger partial charge in [0.05, 0.1) is 42.7 Å². The highest BCUT2D eigenvalue weighted by atomic mass is 32.1. The first-order valence-electron chi connectivity index (χ1n) is 10.6. The largest absolute Gasteiger partial charge is 0.508 e. The topological polar surface area (TPSA) is 99.4 Å². The minimum Gasteiger partial charge on any atom is -0.508 e. The zero-order chi connectivity index (χ0) is 24.4. The van der Waals surface area contributed by atoms with E-state index in [2.05, 4.69) is 4.99 Å². The van der Waals surface area contributed by atoms with E-state index >= 15 is 0 Å². The number of allylic oxidation sites excluding steroid dienone is 1. The van der Waals surface area contributed by atoms with Crippen molar-refractivity contribution in [3.8, 4) is 17.2 Å². The van der Waals surface area contributed by atoms with Gasteiger partial charge in [0, 0.05) is 0 Å². The van der Waals surface area contributed by atoms with Crippen LogP contribution in [-0.4, -0.2) is 36.5 Å². The minimum absolute atomic E-state index is 0.141. The third kappa shape index (κ3) is 4.22. The van der Waals surface area contributed by atoms with Crippen molar-refractivity contribution in [2.24, 2.45) is 4.99 Å². The van der Waals surface area contributed by atoms with Gasteiger partial charge >= 0.3 is 5.97 Å². The molecule has 0 aliphatic carbocycles. The Bertz CT molecular complexity index is 1450. The van der Waals surface area contributed by atoms with Crippen LogP contribution in [0.2, 0.25) is 0 Å². The van der Waals surface area contributed by atoms with Gasteiger partial charge in [0.15, 0.2) is 16.3 Å². The standard InChI is InChI=1S/C25H24N2O6S/c1-5-33-24(30)21-14(2)26-25-27(22(21)16-8-11-18(31-3)19(13-16)32-4)23(29)20(34-25)12-15-6-9-17(28)10-7-15/h6-13,22,28H,5H2,1-4H3/b20-12-. The first kappa shape index (κ1) is 23.3. The van der Waals surface area contributed by atoms with Gasteiger partial charge in [0.25, 0.3) is 5.56 Å². The molecule has 0 amide bonds. The van der Waals surface area contributed by atoms with E-state index in [1.54, 1.807) is 62.4 Å². The summed E-state index contributed by atoms with van der Waals surface area (Å²) in [5.41, 5.74) is 1.90. The summed E-state index contributed by atoms with van der Waals surface area (Å²) < 4.78 is 18.1. The maximum absolute atomic E-state index is 13.6. The van der Waals surface area contributed by atoms with E-state index in [9.17, 15) is 14.7 Å². The van der Waals surface area contributed by atoms with E-state index in [1.807, 2.05) is 0 Å². The second-order valence-electron chi connectivity index (χ2n) is 7.51. The highest BCUT2D eigenvalue weighted by molar-refractivity contribution is 7.07. The fourth-order valence-electron chi connectivity index (χ4n) is 3.85. The van der Waals surface area contributed by atoms with Crippen molar-refractivity contribution in [3.63, 3.8) is 0 Å². The fourth-order valence-corrected chi connectivity index (χ4v) is 4.90. The number of nitrogens with zero attached hydrogens (tertiary/aromatic N) is 2. The first-order valence-corrected chi connectivity index (χ1v) is 11.4. The number of carbonyl (C=O) groups excluding carboxylic acids is 1. The Morgan fingerprint density at radius 1 is 1.15 bits per heavy atom. The molecule has 1 atom stereocenters. The van der Waals surface area contributed by atoms with Gasteiger partial charge in [-0.15, -0.1) is 0 Å². The number of fused-ring (bicyclic) bond motifs is 1. The van der Waals surface area contributed by atoms with Crippen molar-refractivity contribution in [1.29, 1.82) is 0 Å². The molecular weight excluding hydrogens is 456 g/mol. The smallest absolute Gasteiger partial charge is 0.338 e. The van der Waals surface area contributed by atoms with Crippen LogP contribution >= 0.6 is 11.3 Å². The summed E-state index contributed by atoms with van der Waals surface area (Å²) in [5.74, 6) is 0.617. The Balaban J connectivity index is 1.96.